The van der Waals surface area contributed by atoms with Crippen LogP contribution in [0.25, 0.3) is 10.9 Å². The van der Waals surface area contributed by atoms with Crippen molar-refractivity contribution in [3.8, 4) is 11.5 Å². The monoisotopic (exact) mass is 274 g/mol. The number of likely N-dealkylation sites (N-methyl/N-ethyl adjacent to an activating group) is 1. The summed E-state index contributed by atoms with van der Waals surface area (Å²) in [4.78, 5) is 0. The molecular formula is C16H22N2O2. The van der Waals surface area contributed by atoms with E-state index >= 15 is 0 Å². The molecule has 0 spiro atoms. The summed E-state index contributed by atoms with van der Waals surface area (Å²) in [5.41, 5.74) is 3.94. The van der Waals surface area contributed by atoms with Gasteiger partial charge in [0.05, 0.1) is 5.52 Å². The molecule has 4 heteroatoms. The van der Waals surface area contributed by atoms with Crippen LogP contribution < -0.4 is 14.8 Å². The lowest BCUT2D eigenvalue weighted by atomic mass is 10.1. The molecule has 1 N–H and O–H groups in total. The molecule has 0 fully saturated rings. The second-order valence-electron chi connectivity index (χ2n) is 5.24. The molecule has 0 bridgehead atoms. The number of hydrogen-bond acceptors (Lipinski definition) is 3. The third-order valence-electron chi connectivity index (χ3n) is 4.09. The van der Waals surface area contributed by atoms with E-state index in [1.165, 1.54) is 22.2 Å². The molecule has 0 radical (unpaired) electrons. The molecule has 1 aromatic carbocycles. The number of aryl methyl sites for hydroxylation is 1. The summed E-state index contributed by atoms with van der Waals surface area (Å²) >= 11 is 0. The smallest absolute Gasteiger partial charge is 0.163 e. The van der Waals surface area contributed by atoms with E-state index in [9.17, 15) is 0 Å². The Morgan fingerprint density at radius 1 is 1.20 bits per heavy atom. The van der Waals surface area contributed by atoms with Crippen molar-refractivity contribution in [2.24, 2.45) is 7.05 Å². The minimum Gasteiger partial charge on any atom is -0.486 e. The van der Waals surface area contributed by atoms with Crippen LogP contribution in [0.1, 0.15) is 18.2 Å². The Morgan fingerprint density at radius 3 is 2.60 bits per heavy atom. The van der Waals surface area contributed by atoms with Gasteiger partial charge in [-0.1, -0.05) is 6.92 Å². The van der Waals surface area contributed by atoms with Crippen molar-refractivity contribution in [3.63, 3.8) is 0 Å². The zero-order valence-electron chi connectivity index (χ0n) is 12.5. The Bertz CT molecular complexity index is 631. The number of aromatic nitrogens is 1. The van der Waals surface area contributed by atoms with Crippen molar-refractivity contribution in [1.29, 1.82) is 0 Å². The summed E-state index contributed by atoms with van der Waals surface area (Å²) < 4.78 is 13.6. The highest BCUT2D eigenvalue weighted by atomic mass is 16.6. The van der Waals surface area contributed by atoms with E-state index in [4.69, 9.17) is 9.47 Å². The van der Waals surface area contributed by atoms with Gasteiger partial charge < -0.3 is 19.4 Å². The molecule has 0 unspecified atom stereocenters. The minimum atomic E-state index is 0.634. The normalized spacial score (nSPS) is 13.9. The Kier molecular flexibility index (Phi) is 3.57. The fraction of sp³-hybridized carbons (Fsp3) is 0.500. The zero-order valence-corrected chi connectivity index (χ0v) is 12.5. The molecule has 4 nitrogen and oxygen atoms in total. The maximum absolute atomic E-state index is 5.71. The number of rotatable bonds is 4. The first-order chi connectivity index (χ1) is 9.72. The third kappa shape index (κ3) is 2.14. The molecule has 0 saturated carbocycles. The van der Waals surface area contributed by atoms with Gasteiger partial charge in [0.2, 0.25) is 0 Å². The molecule has 1 aromatic heterocycles. The Balaban J connectivity index is 2.07. The van der Waals surface area contributed by atoms with Crippen LogP contribution in [-0.2, 0) is 13.5 Å². The van der Waals surface area contributed by atoms with E-state index in [1.54, 1.807) is 0 Å². The fourth-order valence-corrected chi connectivity index (χ4v) is 2.88. The van der Waals surface area contributed by atoms with Gasteiger partial charge in [0.25, 0.3) is 0 Å². The molecule has 0 amide bonds. The average molecular weight is 274 g/mol. The lowest BCUT2D eigenvalue weighted by Crippen LogP contribution is -2.16. The second-order valence-corrected chi connectivity index (χ2v) is 5.24. The first kappa shape index (κ1) is 13.3. The van der Waals surface area contributed by atoms with Crippen LogP contribution >= 0.6 is 0 Å². The van der Waals surface area contributed by atoms with Crippen molar-refractivity contribution in [2.75, 3.05) is 26.3 Å². The number of nitrogens with one attached hydrogen (secondary N) is 1. The number of nitrogens with zero attached hydrogens (tertiary/aromatic N) is 1. The SMILES string of the molecule is CCNCCc1c(C)n(C)c2cc3c(cc12)OCCO3. The van der Waals surface area contributed by atoms with Crippen molar-refractivity contribution in [2.45, 2.75) is 20.3 Å². The van der Waals surface area contributed by atoms with Crippen molar-refractivity contribution < 1.29 is 9.47 Å². The van der Waals surface area contributed by atoms with Gasteiger partial charge in [-0.3, -0.25) is 0 Å². The summed E-state index contributed by atoms with van der Waals surface area (Å²) in [6.07, 6.45) is 1.04. The van der Waals surface area contributed by atoms with Gasteiger partial charge in [-0.25, -0.2) is 0 Å². The van der Waals surface area contributed by atoms with Crippen LogP contribution in [-0.4, -0.2) is 30.9 Å². The fourth-order valence-electron chi connectivity index (χ4n) is 2.88. The van der Waals surface area contributed by atoms with E-state index in [-0.39, 0.29) is 0 Å². The van der Waals surface area contributed by atoms with Crippen LogP contribution in [0.15, 0.2) is 12.1 Å². The summed E-state index contributed by atoms with van der Waals surface area (Å²) in [7, 11) is 2.12. The van der Waals surface area contributed by atoms with Gasteiger partial charge in [0.15, 0.2) is 11.5 Å². The van der Waals surface area contributed by atoms with Crippen LogP contribution in [0.3, 0.4) is 0 Å². The van der Waals surface area contributed by atoms with Gasteiger partial charge in [-0.2, -0.15) is 0 Å². The standard InChI is InChI=1S/C16H22N2O2/c1-4-17-6-5-12-11(2)18(3)14-10-16-15(9-13(12)14)19-7-8-20-16/h9-10,17H,4-8H2,1-3H3. The van der Waals surface area contributed by atoms with Gasteiger partial charge in [-0.05, 0) is 38.1 Å². The number of fused-ring (bicyclic) bond motifs is 2. The van der Waals surface area contributed by atoms with Crippen molar-refractivity contribution >= 4 is 10.9 Å². The van der Waals surface area contributed by atoms with E-state index in [1.807, 2.05) is 0 Å². The zero-order chi connectivity index (χ0) is 14.1. The molecule has 0 aliphatic carbocycles. The van der Waals surface area contributed by atoms with Crippen molar-refractivity contribution in [1.82, 2.24) is 9.88 Å². The quantitative estimate of drug-likeness (QED) is 0.870. The highest BCUT2D eigenvalue weighted by Crippen LogP contribution is 2.37. The first-order valence-electron chi connectivity index (χ1n) is 7.30. The lowest BCUT2D eigenvalue weighted by molar-refractivity contribution is 0.172. The largest absolute Gasteiger partial charge is 0.486 e. The third-order valence-corrected chi connectivity index (χ3v) is 4.09. The predicted molar refractivity (Wildman–Crippen MR) is 80.9 cm³/mol. The highest BCUT2D eigenvalue weighted by Gasteiger charge is 2.18. The lowest BCUT2D eigenvalue weighted by Gasteiger charge is -2.18. The minimum absolute atomic E-state index is 0.634. The van der Waals surface area contributed by atoms with E-state index in [0.717, 1.165) is 31.0 Å². The molecule has 2 aromatic rings. The van der Waals surface area contributed by atoms with E-state index < -0.39 is 0 Å². The van der Waals surface area contributed by atoms with Crippen LogP contribution in [0, 0.1) is 6.92 Å². The molecule has 0 saturated heterocycles. The number of ether oxygens (including phenoxy) is 2. The van der Waals surface area contributed by atoms with Gasteiger partial charge >= 0.3 is 0 Å². The number of hydrogen-bond donors (Lipinski definition) is 1. The summed E-state index contributed by atoms with van der Waals surface area (Å²) in [5.74, 6) is 1.74. The summed E-state index contributed by atoms with van der Waals surface area (Å²) in [6.45, 7) is 7.60. The maximum atomic E-state index is 5.71. The molecule has 1 aliphatic heterocycles. The summed E-state index contributed by atoms with van der Waals surface area (Å²) in [5, 5.41) is 4.68. The highest BCUT2D eigenvalue weighted by molar-refractivity contribution is 5.88. The molecule has 3 rings (SSSR count). The molecule has 0 atom stereocenters. The second kappa shape index (κ2) is 5.37. The Labute approximate surface area is 119 Å². The molecule has 20 heavy (non-hydrogen) atoms. The van der Waals surface area contributed by atoms with Crippen LogP contribution in [0.4, 0.5) is 0 Å². The molecule has 1 aliphatic rings. The first-order valence-corrected chi connectivity index (χ1v) is 7.30. The predicted octanol–water partition coefficient (Wildman–Crippen LogP) is 2.41. The average Bonchev–Trinajstić information content (AvgIpc) is 2.70. The summed E-state index contributed by atoms with van der Waals surface area (Å²) in [6, 6.07) is 4.24. The van der Waals surface area contributed by atoms with Gasteiger partial charge in [0, 0.05) is 24.2 Å². The van der Waals surface area contributed by atoms with Crippen LogP contribution in [0.5, 0.6) is 11.5 Å². The molecular weight excluding hydrogens is 252 g/mol. The molecule has 108 valence electrons. The number of benzene rings is 1. The van der Waals surface area contributed by atoms with E-state index in [2.05, 4.69) is 42.9 Å². The van der Waals surface area contributed by atoms with Gasteiger partial charge in [-0.15, -0.1) is 0 Å². The molecule has 2 heterocycles. The van der Waals surface area contributed by atoms with Crippen LogP contribution in [0.2, 0.25) is 0 Å². The van der Waals surface area contributed by atoms with Gasteiger partial charge in [0.1, 0.15) is 13.2 Å². The maximum Gasteiger partial charge on any atom is 0.163 e. The Hall–Kier alpha value is -1.68. The topological polar surface area (TPSA) is 35.4 Å². The van der Waals surface area contributed by atoms with Crippen molar-refractivity contribution in [3.05, 3.63) is 23.4 Å². The van der Waals surface area contributed by atoms with E-state index in [0.29, 0.717) is 13.2 Å². The Morgan fingerprint density at radius 2 is 1.90 bits per heavy atom.